The van der Waals surface area contributed by atoms with Crippen LogP contribution in [-0.2, 0) is 0 Å². The highest BCUT2D eigenvalue weighted by Gasteiger charge is 2.02. The van der Waals surface area contributed by atoms with Gasteiger partial charge in [-0.3, -0.25) is 5.84 Å². The van der Waals surface area contributed by atoms with Crippen molar-refractivity contribution in [3.8, 4) is 0 Å². The molecule has 1 fully saturated rings. The van der Waals surface area contributed by atoms with Gasteiger partial charge in [-0.05, 0) is 12.8 Å². The van der Waals surface area contributed by atoms with Crippen LogP contribution >= 0.6 is 24.8 Å². The van der Waals surface area contributed by atoms with Gasteiger partial charge in [0, 0.05) is 13.1 Å². The SMILES string of the molecule is Cl.Cl.NN1CCCCC1. The molecule has 0 atom stereocenters. The number of nitrogens with two attached hydrogens (primary N) is 1. The van der Waals surface area contributed by atoms with Crippen molar-refractivity contribution in [3.05, 3.63) is 0 Å². The lowest BCUT2D eigenvalue weighted by Gasteiger charge is -2.20. The third kappa shape index (κ3) is 4.97. The van der Waals surface area contributed by atoms with Gasteiger partial charge in [-0.1, -0.05) is 6.42 Å². The first kappa shape index (κ1) is 12.2. The highest BCUT2D eigenvalue weighted by atomic mass is 35.5. The Morgan fingerprint density at radius 1 is 0.889 bits per heavy atom. The summed E-state index contributed by atoms with van der Waals surface area (Å²) in [6.07, 6.45) is 3.95. The summed E-state index contributed by atoms with van der Waals surface area (Å²) in [5.41, 5.74) is 0. The molecule has 0 radical (unpaired) electrons. The molecule has 2 nitrogen and oxygen atoms in total. The molecular weight excluding hydrogens is 159 g/mol. The molecule has 1 saturated heterocycles. The van der Waals surface area contributed by atoms with Crippen LogP contribution in [0.25, 0.3) is 0 Å². The molecule has 1 heterocycles. The summed E-state index contributed by atoms with van der Waals surface area (Å²) < 4.78 is 0. The molecule has 0 bridgehead atoms. The standard InChI is InChI=1S/C5H12N2.2ClH/c6-7-4-2-1-3-5-7;;/h1-6H2;2*1H. The van der Waals surface area contributed by atoms with Crippen molar-refractivity contribution < 1.29 is 0 Å². The van der Waals surface area contributed by atoms with Crippen molar-refractivity contribution >= 4 is 24.8 Å². The van der Waals surface area contributed by atoms with Crippen molar-refractivity contribution in [1.82, 2.24) is 5.01 Å². The van der Waals surface area contributed by atoms with E-state index in [-0.39, 0.29) is 24.8 Å². The van der Waals surface area contributed by atoms with Crippen LogP contribution in [0, 0.1) is 0 Å². The number of rotatable bonds is 0. The second-order valence-corrected chi connectivity index (χ2v) is 2.10. The minimum Gasteiger partial charge on any atom is -0.269 e. The van der Waals surface area contributed by atoms with E-state index in [1.165, 1.54) is 19.3 Å². The van der Waals surface area contributed by atoms with Crippen LogP contribution < -0.4 is 5.84 Å². The van der Waals surface area contributed by atoms with Crippen molar-refractivity contribution in [1.29, 1.82) is 0 Å². The van der Waals surface area contributed by atoms with Gasteiger partial charge in [-0.2, -0.15) is 0 Å². The van der Waals surface area contributed by atoms with E-state index >= 15 is 0 Å². The number of hydrogen-bond acceptors (Lipinski definition) is 2. The summed E-state index contributed by atoms with van der Waals surface area (Å²) in [7, 11) is 0. The van der Waals surface area contributed by atoms with Crippen LogP contribution in [-0.4, -0.2) is 18.1 Å². The Hall–Kier alpha value is 0.500. The van der Waals surface area contributed by atoms with Crippen LogP contribution in [0.2, 0.25) is 0 Å². The van der Waals surface area contributed by atoms with Crippen molar-refractivity contribution in [2.24, 2.45) is 5.84 Å². The van der Waals surface area contributed by atoms with Gasteiger partial charge in [0.25, 0.3) is 0 Å². The lowest BCUT2D eigenvalue weighted by molar-refractivity contribution is 0.235. The average Bonchev–Trinajstić information content (AvgIpc) is 1.69. The molecule has 0 aliphatic carbocycles. The van der Waals surface area contributed by atoms with Gasteiger partial charge in [0.15, 0.2) is 0 Å². The van der Waals surface area contributed by atoms with Crippen LogP contribution in [0.15, 0.2) is 0 Å². The van der Waals surface area contributed by atoms with E-state index in [2.05, 4.69) is 0 Å². The molecule has 0 aromatic heterocycles. The minimum absolute atomic E-state index is 0. The zero-order valence-corrected chi connectivity index (χ0v) is 7.01. The molecule has 1 aliphatic rings. The molecule has 2 N–H and O–H groups in total. The molecule has 4 heteroatoms. The summed E-state index contributed by atoms with van der Waals surface area (Å²) in [4.78, 5) is 0. The molecule has 0 spiro atoms. The van der Waals surface area contributed by atoms with Gasteiger partial charge in [-0.15, -0.1) is 24.8 Å². The molecular formula is C5H14Cl2N2. The third-order valence-corrected chi connectivity index (χ3v) is 1.39. The van der Waals surface area contributed by atoms with Gasteiger partial charge >= 0.3 is 0 Å². The van der Waals surface area contributed by atoms with E-state index in [1.807, 2.05) is 5.01 Å². The fourth-order valence-corrected chi connectivity index (χ4v) is 0.918. The zero-order valence-electron chi connectivity index (χ0n) is 5.38. The lowest BCUT2D eigenvalue weighted by Crippen LogP contribution is -2.35. The first-order valence-corrected chi connectivity index (χ1v) is 2.89. The number of hydrazine groups is 1. The first-order chi connectivity index (χ1) is 3.39. The molecule has 1 aliphatic heterocycles. The Labute approximate surface area is 68.6 Å². The number of piperidine rings is 1. The molecule has 9 heavy (non-hydrogen) atoms. The Kier molecular flexibility index (Phi) is 8.97. The molecule has 0 aromatic rings. The van der Waals surface area contributed by atoms with Crippen molar-refractivity contribution in [2.45, 2.75) is 19.3 Å². The van der Waals surface area contributed by atoms with Gasteiger partial charge < -0.3 is 0 Å². The monoisotopic (exact) mass is 172 g/mol. The van der Waals surface area contributed by atoms with Crippen molar-refractivity contribution in [2.75, 3.05) is 13.1 Å². The highest BCUT2D eigenvalue weighted by molar-refractivity contribution is 5.85. The molecule has 1 rings (SSSR count). The van der Waals surface area contributed by atoms with E-state index in [0.717, 1.165) is 13.1 Å². The first-order valence-electron chi connectivity index (χ1n) is 2.89. The second-order valence-electron chi connectivity index (χ2n) is 2.10. The van der Waals surface area contributed by atoms with E-state index < -0.39 is 0 Å². The summed E-state index contributed by atoms with van der Waals surface area (Å²) in [5.74, 6) is 5.47. The second kappa shape index (κ2) is 6.62. The maximum atomic E-state index is 5.47. The summed E-state index contributed by atoms with van der Waals surface area (Å²) >= 11 is 0. The fourth-order valence-electron chi connectivity index (χ4n) is 0.918. The smallest absolute Gasteiger partial charge is 0.0128 e. The Morgan fingerprint density at radius 2 is 1.33 bits per heavy atom. The van der Waals surface area contributed by atoms with Gasteiger partial charge in [0.2, 0.25) is 0 Å². The summed E-state index contributed by atoms with van der Waals surface area (Å²) in [6, 6.07) is 0. The topological polar surface area (TPSA) is 29.3 Å². The predicted octanol–water partition coefficient (Wildman–Crippen LogP) is 1.19. The number of nitrogens with zero attached hydrogens (tertiary/aromatic N) is 1. The molecule has 58 valence electrons. The quantitative estimate of drug-likeness (QED) is 0.557. The Balaban J connectivity index is 0. The maximum Gasteiger partial charge on any atom is 0.0128 e. The molecule has 0 unspecified atom stereocenters. The normalized spacial score (nSPS) is 19.7. The maximum absolute atomic E-state index is 5.47. The van der Waals surface area contributed by atoms with E-state index in [1.54, 1.807) is 0 Å². The number of hydrogen-bond donors (Lipinski definition) is 1. The van der Waals surface area contributed by atoms with Crippen LogP contribution in [0.3, 0.4) is 0 Å². The van der Waals surface area contributed by atoms with Crippen LogP contribution in [0.4, 0.5) is 0 Å². The van der Waals surface area contributed by atoms with E-state index in [0.29, 0.717) is 0 Å². The van der Waals surface area contributed by atoms with Gasteiger partial charge in [-0.25, -0.2) is 5.01 Å². The fraction of sp³-hybridized carbons (Fsp3) is 1.00. The minimum atomic E-state index is 0. The average molecular weight is 173 g/mol. The highest BCUT2D eigenvalue weighted by Crippen LogP contribution is 2.03. The molecule has 0 aromatic carbocycles. The zero-order chi connectivity index (χ0) is 5.11. The predicted molar refractivity (Wildman–Crippen MR) is 44.1 cm³/mol. The van der Waals surface area contributed by atoms with E-state index in [4.69, 9.17) is 5.84 Å². The summed E-state index contributed by atoms with van der Waals surface area (Å²) in [5, 5.41) is 1.89. The van der Waals surface area contributed by atoms with Crippen LogP contribution in [0.5, 0.6) is 0 Å². The van der Waals surface area contributed by atoms with E-state index in [9.17, 15) is 0 Å². The van der Waals surface area contributed by atoms with Crippen molar-refractivity contribution in [3.63, 3.8) is 0 Å². The van der Waals surface area contributed by atoms with Gasteiger partial charge in [0.1, 0.15) is 0 Å². The Morgan fingerprint density at radius 3 is 1.56 bits per heavy atom. The molecule has 0 amide bonds. The largest absolute Gasteiger partial charge is 0.269 e. The lowest BCUT2D eigenvalue weighted by atomic mass is 10.2. The van der Waals surface area contributed by atoms with Gasteiger partial charge in [0.05, 0.1) is 0 Å². The Bertz CT molecular complexity index is 54.9. The molecule has 0 saturated carbocycles. The number of halogens is 2. The summed E-state index contributed by atoms with van der Waals surface area (Å²) in [6.45, 7) is 2.19. The third-order valence-electron chi connectivity index (χ3n) is 1.39. The van der Waals surface area contributed by atoms with Crippen LogP contribution in [0.1, 0.15) is 19.3 Å².